The molecule has 10 nitrogen and oxygen atoms in total. The summed E-state index contributed by atoms with van der Waals surface area (Å²) in [7, 11) is 10.3. The Hall–Kier alpha value is -16.4. The molecule has 13 heteroatoms. The molecule has 0 N–H and O–H groups in total. The lowest BCUT2D eigenvalue weighted by Gasteiger charge is -2.26. The van der Waals surface area contributed by atoms with E-state index in [1.807, 2.05) is 133 Å². The molecule has 0 saturated carbocycles. The second-order valence-electron chi connectivity index (χ2n) is 40.1. The molecule has 0 aliphatic heterocycles. The molecule has 12 aromatic carbocycles. The van der Waals surface area contributed by atoms with Crippen molar-refractivity contribution >= 4 is 22.7 Å². The summed E-state index contributed by atoms with van der Waals surface area (Å²) in [5.74, 6) is -1.05. The highest BCUT2D eigenvalue weighted by Gasteiger charge is 2.48. The van der Waals surface area contributed by atoms with Gasteiger partial charge in [-0.15, -0.1) is 0 Å². The van der Waals surface area contributed by atoms with E-state index in [1.54, 1.807) is 18.2 Å². The highest BCUT2D eigenvalue weighted by Crippen LogP contribution is 2.62. The van der Waals surface area contributed by atoms with Crippen LogP contribution < -0.4 is 22.8 Å². The maximum absolute atomic E-state index is 15.1. The number of rotatable bonds is 7. The van der Waals surface area contributed by atoms with E-state index >= 15 is 4.39 Å². The molecule has 0 saturated heterocycles. The van der Waals surface area contributed by atoms with Gasteiger partial charge in [-0.3, -0.25) is 0 Å². The van der Waals surface area contributed by atoms with Crippen molar-refractivity contribution in [1.82, 2.24) is 0 Å². The van der Waals surface area contributed by atoms with Crippen LogP contribution in [0.3, 0.4) is 0 Å². The Bertz CT molecular complexity index is 8280. The van der Waals surface area contributed by atoms with Crippen molar-refractivity contribution in [2.75, 3.05) is 0 Å². The van der Waals surface area contributed by atoms with Crippen molar-refractivity contribution in [1.29, 1.82) is 5.26 Å². The van der Waals surface area contributed by atoms with Gasteiger partial charge in [0.2, 0.25) is 39.8 Å². The second kappa shape index (κ2) is 36.0. The summed E-state index contributed by atoms with van der Waals surface area (Å²) in [5, 5.41) is 9.76. The molecule has 0 spiro atoms. The lowest BCUT2D eigenvalue weighted by atomic mass is 9.77. The number of aromatic nitrogens is 5. The van der Waals surface area contributed by atoms with Crippen LogP contribution in [-0.4, -0.2) is 0 Å². The number of hydrogen-bond acceptors (Lipinski definition) is 1. The average Bonchev–Trinajstić information content (AvgIpc) is 1.54. The summed E-state index contributed by atoms with van der Waals surface area (Å²) in [6.07, 6.45) is 10.3. The Morgan fingerprint density at radius 2 is 0.664 bits per heavy atom. The molecule has 0 bridgehead atoms. The van der Waals surface area contributed by atoms with Gasteiger partial charge in [-0.05, 0) is 239 Å². The van der Waals surface area contributed by atoms with Crippen LogP contribution in [0.2, 0.25) is 0 Å². The molecule has 5 aliphatic rings. The molecule has 0 radical (unpaired) electrons. The molecule has 0 atom stereocenters. The van der Waals surface area contributed by atoms with Crippen molar-refractivity contribution in [2.45, 2.75) is 131 Å². The SMILES string of the molecule is Cc1cc(C#N)c2c(c1-c1cccc[n+]1C)C(C)(C)c1c(F)cccc1-2.[C-]#[N+]c1cc2c(cc1F)-c1ccc(C)c(-c3cccc[n+]3C)c1C2(C)C.[C-]#[N+]c1ccc2c(c1)C(C)(C)c1c(-c3cccc[n+]3C)c(C)cc(-c3ccccc3)c1-2.[C-]#[N+]c1ccc2c(c1F)C(C)(C)c1c-2ccc(C)c1-c1cccc[n+]1C.[C-]#[N+]c1cccc2c1C(C)(C)c1c-2ccc(C)c1-c1cc(-c2ccccc2)cc[n+]1C. The zero-order chi connectivity index (χ0) is 99.4. The van der Waals surface area contributed by atoms with Gasteiger partial charge in [0.25, 0.3) is 0 Å². The Morgan fingerprint density at radius 1 is 0.257 bits per heavy atom. The molecule has 5 aliphatic carbocycles. The van der Waals surface area contributed by atoms with Gasteiger partial charge in [0.15, 0.2) is 42.4 Å². The first kappa shape index (κ1) is 94.0. The van der Waals surface area contributed by atoms with Crippen LogP contribution in [-0.2, 0) is 62.3 Å². The number of halogens is 3. The third-order valence-electron chi connectivity index (χ3n) is 29.8. The van der Waals surface area contributed by atoms with Gasteiger partial charge in [-0.25, -0.2) is 55.4 Å². The smallest absolute Gasteiger partial charge is 0.222 e. The topological polar surface area (TPSA) is 60.6 Å². The minimum absolute atomic E-state index is 0.0909. The molecule has 17 aromatic rings. The first-order valence-electron chi connectivity index (χ1n) is 47.3. The van der Waals surface area contributed by atoms with Crippen LogP contribution >= 0.6 is 0 Å². The quantitative estimate of drug-likeness (QED) is 0.116. The summed E-state index contributed by atoms with van der Waals surface area (Å²) in [6.45, 7) is 62.1. The average molecular weight is 1830 g/mol. The molecule has 5 heterocycles. The first-order valence-corrected chi connectivity index (χ1v) is 47.3. The van der Waals surface area contributed by atoms with Crippen LogP contribution in [0.15, 0.2) is 304 Å². The van der Waals surface area contributed by atoms with Crippen LogP contribution in [0.1, 0.15) is 158 Å². The molecule has 140 heavy (non-hydrogen) atoms. The van der Waals surface area contributed by atoms with Crippen LogP contribution in [0.25, 0.3) is 154 Å². The van der Waals surface area contributed by atoms with E-state index in [2.05, 4.69) is 328 Å². The Labute approximate surface area is 821 Å². The van der Waals surface area contributed by atoms with Gasteiger partial charge in [0.05, 0.1) is 65.7 Å². The minimum Gasteiger partial charge on any atom is -0.238 e. The summed E-state index contributed by atoms with van der Waals surface area (Å²) < 4.78 is 55.0. The van der Waals surface area contributed by atoms with Gasteiger partial charge >= 0.3 is 0 Å². The minimum atomic E-state index is -0.522. The summed E-state index contributed by atoms with van der Waals surface area (Å²) in [6, 6.07) is 94.0. The predicted molar refractivity (Wildman–Crippen MR) is 557 cm³/mol. The highest BCUT2D eigenvalue weighted by atomic mass is 19.1. The monoisotopic (exact) mass is 1830 g/mol. The molecule has 0 amide bonds. The number of nitriles is 1. The molecular formula is C127H110F3N10+5. The summed E-state index contributed by atoms with van der Waals surface area (Å²) in [5.41, 5.74) is 44.3. The normalized spacial score (nSPS) is 13.6. The van der Waals surface area contributed by atoms with Gasteiger partial charge in [-0.1, -0.05) is 227 Å². The van der Waals surface area contributed by atoms with E-state index in [4.69, 9.17) is 26.3 Å². The Balaban J connectivity index is 0.000000116. The van der Waals surface area contributed by atoms with Crippen LogP contribution in [0.4, 0.5) is 35.9 Å². The zero-order valence-corrected chi connectivity index (χ0v) is 83.0. The van der Waals surface area contributed by atoms with Crippen LogP contribution in [0.5, 0.6) is 0 Å². The fourth-order valence-electron chi connectivity index (χ4n) is 23.3. The van der Waals surface area contributed by atoms with Gasteiger partial charge in [0, 0.05) is 98.9 Å². The number of nitrogens with zero attached hydrogens (tertiary/aromatic N) is 10. The fourth-order valence-corrected chi connectivity index (χ4v) is 23.3. The third-order valence-corrected chi connectivity index (χ3v) is 29.8. The third kappa shape index (κ3) is 15.3. The van der Waals surface area contributed by atoms with E-state index in [1.165, 1.54) is 124 Å². The van der Waals surface area contributed by atoms with E-state index in [0.29, 0.717) is 22.4 Å². The van der Waals surface area contributed by atoms with Gasteiger partial charge in [0.1, 0.15) is 52.7 Å². The van der Waals surface area contributed by atoms with E-state index in [0.717, 1.165) is 101 Å². The van der Waals surface area contributed by atoms with Crippen molar-refractivity contribution in [3.8, 4) is 140 Å². The Morgan fingerprint density at radius 3 is 1.18 bits per heavy atom. The molecule has 22 rings (SSSR count). The highest BCUT2D eigenvalue weighted by molar-refractivity contribution is 6.00. The molecular weight excluding hydrogens is 1720 g/mol. The molecule has 684 valence electrons. The maximum Gasteiger partial charge on any atom is 0.222 e. The van der Waals surface area contributed by atoms with Crippen molar-refractivity contribution in [2.24, 2.45) is 35.2 Å². The predicted octanol–water partition coefficient (Wildman–Crippen LogP) is 29.8. The number of hydrogen-bond donors (Lipinski definition) is 0. The Kier molecular flexibility index (Phi) is 24.1. The molecule has 0 fully saturated rings. The van der Waals surface area contributed by atoms with E-state index in [-0.39, 0.29) is 39.3 Å². The van der Waals surface area contributed by atoms with E-state index < -0.39 is 16.6 Å². The maximum atomic E-state index is 15.1. The fraction of sp³-hybridized carbons (Fsp3) is 0.197. The van der Waals surface area contributed by atoms with E-state index in [9.17, 15) is 14.0 Å². The second-order valence-corrected chi connectivity index (χ2v) is 40.1. The van der Waals surface area contributed by atoms with Crippen LogP contribution in [0, 0.1) is 89.7 Å². The van der Waals surface area contributed by atoms with Gasteiger partial charge in [-0.2, -0.15) is 5.26 Å². The number of aryl methyl sites for hydroxylation is 10. The molecule has 0 unspecified atom stereocenters. The lowest BCUT2D eigenvalue weighted by Crippen LogP contribution is -2.31. The number of pyridine rings is 5. The summed E-state index contributed by atoms with van der Waals surface area (Å²) >= 11 is 0. The largest absolute Gasteiger partial charge is 0.238 e. The first-order chi connectivity index (χ1) is 67.0. The standard InChI is InChI=1S/2C29H25N2.3C23H20FN2/c1-19-17-23(20-11-7-6-8-12-20)27-22-15-14-21(30-4)18-24(22)29(2,3)28(27)26(19)25-13-9-10-16-31(25)5;1-19-14-15-23-22-12-9-13-24(30-4)27(22)29(2,3)28(23)26(19)25-18-21(16-17-31(25)5)20-10-7-6-8-11-20;1-14-9-10-15-16-11-12-17(25-4)22(24)21(16)23(2,3)20(15)19(14)18-8-6-7-13-26(18)5;1-14-9-10-15-16-12-18(24)19(25-4)13-17(16)23(2,3)22(15)21(14)20-8-6-7-11-26(20)5;1-14-12-15(13-25)20-16-8-7-9-17(24)21(16)23(2,3)22(20)19(14)18-10-5-6-11-26(18)4/h2*6-18H,1-3,5H3;2*6-13H,1-3,5H3;5-12H,1-4H3/q5*+1. The number of benzene rings is 12. The van der Waals surface area contributed by atoms with Crippen molar-refractivity contribution in [3.63, 3.8) is 0 Å². The summed E-state index contributed by atoms with van der Waals surface area (Å²) in [4.78, 5) is 14.3. The number of fused-ring (bicyclic) bond motifs is 15. The lowest BCUT2D eigenvalue weighted by molar-refractivity contribution is -0.660. The van der Waals surface area contributed by atoms with Crippen molar-refractivity contribution < 1.29 is 36.0 Å². The zero-order valence-electron chi connectivity index (χ0n) is 83.0. The molecule has 5 aromatic heterocycles. The van der Waals surface area contributed by atoms with Gasteiger partial charge < -0.3 is 0 Å². The van der Waals surface area contributed by atoms with Crippen molar-refractivity contribution in [3.05, 3.63) is 456 Å².